The maximum atomic E-state index is 6.13. The zero-order chi connectivity index (χ0) is 12.3. The lowest BCUT2D eigenvalue weighted by molar-refractivity contribution is 0.460. The van der Waals surface area contributed by atoms with E-state index in [-0.39, 0.29) is 6.04 Å². The summed E-state index contributed by atoms with van der Waals surface area (Å²) in [6, 6.07) is 9.39. The standard InChI is InChI=1S/C13H13Cl2NO/c1-9(16-8-11-3-2-6-17-11)12-7-10(14)4-5-13(12)15/h2-7,9,16H,8H2,1H3. The monoisotopic (exact) mass is 269 g/mol. The third-order valence-electron chi connectivity index (χ3n) is 2.59. The number of nitrogens with one attached hydrogen (secondary N) is 1. The van der Waals surface area contributed by atoms with Gasteiger partial charge in [-0.25, -0.2) is 0 Å². The van der Waals surface area contributed by atoms with Crippen LogP contribution in [-0.2, 0) is 6.54 Å². The summed E-state index contributed by atoms with van der Waals surface area (Å²) in [6.45, 7) is 2.71. The molecule has 0 aliphatic heterocycles. The van der Waals surface area contributed by atoms with E-state index in [1.54, 1.807) is 12.3 Å². The SMILES string of the molecule is CC(NCc1ccco1)c1cc(Cl)ccc1Cl. The van der Waals surface area contributed by atoms with E-state index in [1.165, 1.54) is 0 Å². The molecule has 1 unspecified atom stereocenters. The van der Waals surface area contributed by atoms with Crippen molar-refractivity contribution >= 4 is 23.2 Å². The first kappa shape index (κ1) is 12.5. The molecule has 1 heterocycles. The zero-order valence-corrected chi connectivity index (χ0v) is 10.9. The zero-order valence-electron chi connectivity index (χ0n) is 9.41. The van der Waals surface area contributed by atoms with Gasteiger partial charge in [0.25, 0.3) is 0 Å². The number of benzene rings is 1. The minimum Gasteiger partial charge on any atom is -0.468 e. The van der Waals surface area contributed by atoms with Crippen molar-refractivity contribution in [3.63, 3.8) is 0 Å². The Balaban J connectivity index is 2.04. The Bertz CT molecular complexity index is 482. The second kappa shape index (κ2) is 5.58. The van der Waals surface area contributed by atoms with Gasteiger partial charge < -0.3 is 9.73 Å². The van der Waals surface area contributed by atoms with Crippen LogP contribution in [-0.4, -0.2) is 0 Å². The number of rotatable bonds is 4. The molecule has 0 fully saturated rings. The first-order valence-corrected chi connectivity index (χ1v) is 6.13. The molecule has 0 radical (unpaired) electrons. The molecular weight excluding hydrogens is 257 g/mol. The van der Waals surface area contributed by atoms with E-state index in [0.29, 0.717) is 16.6 Å². The van der Waals surface area contributed by atoms with Gasteiger partial charge in [0.2, 0.25) is 0 Å². The number of halogens is 2. The van der Waals surface area contributed by atoms with Crippen molar-refractivity contribution in [1.82, 2.24) is 5.32 Å². The Kier molecular flexibility index (Phi) is 4.11. The predicted octanol–water partition coefficient (Wildman–Crippen LogP) is 4.44. The third kappa shape index (κ3) is 3.25. The molecule has 0 bridgehead atoms. The fraction of sp³-hybridized carbons (Fsp3) is 0.231. The van der Waals surface area contributed by atoms with Gasteiger partial charge in [0.05, 0.1) is 12.8 Å². The molecule has 0 aliphatic rings. The minimum absolute atomic E-state index is 0.117. The van der Waals surface area contributed by atoms with Crippen LogP contribution in [0.2, 0.25) is 10.0 Å². The summed E-state index contributed by atoms with van der Waals surface area (Å²) in [5.74, 6) is 0.898. The molecule has 0 amide bonds. The quantitative estimate of drug-likeness (QED) is 0.888. The summed E-state index contributed by atoms with van der Waals surface area (Å²) < 4.78 is 5.25. The van der Waals surface area contributed by atoms with Gasteiger partial charge in [-0.05, 0) is 42.8 Å². The van der Waals surface area contributed by atoms with Crippen LogP contribution in [0.1, 0.15) is 24.3 Å². The van der Waals surface area contributed by atoms with Crippen molar-refractivity contribution < 1.29 is 4.42 Å². The third-order valence-corrected chi connectivity index (χ3v) is 3.17. The summed E-state index contributed by atoms with van der Waals surface area (Å²) in [5, 5.41) is 4.74. The normalized spacial score (nSPS) is 12.6. The van der Waals surface area contributed by atoms with Gasteiger partial charge in [0.15, 0.2) is 0 Å². The molecule has 1 aromatic carbocycles. The topological polar surface area (TPSA) is 25.2 Å². The highest BCUT2D eigenvalue weighted by atomic mass is 35.5. The van der Waals surface area contributed by atoms with E-state index in [2.05, 4.69) is 5.32 Å². The maximum absolute atomic E-state index is 6.13. The van der Waals surface area contributed by atoms with Crippen LogP contribution in [0.3, 0.4) is 0 Å². The molecule has 0 aliphatic carbocycles. The average Bonchev–Trinajstić information content (AvgIpc) is 2.82. The molecule has 2 nitrogen and oxygen atoms in total. The highest BCUT2D eigenvalue weighted by Gasteiger charge is 2.10. The van der Waals surface area contributed by atoms with Gasteiger partial charge in [-0.1, -0.05) is 23.2 Å². The minimum atomic E-state index is 0.117. The lowest BCUT2D eigenvalue weighted by Gasteiger charge is -2.15. The van der Waals surface area contributed by atoms with Crippen molar-refractivity contribution in [3.8, 4) is 0 Å². The van der Waals surface area contributed by atoms with Crippen molar-refractivity contribution in [2.45, 2.75) is 19.5 Å². The van der Waals surface area contributed by atoms with E-state index in [9.17, 15) is 0 Å². The van der Waals surface area contributed by atoms with Crippen molar-refractivity contribution in [3.05, 3.63) is 58.0 Å². The van der Waals surface area contributed by atoms with Crippen molar-refractivity contribution in [1.29, 1.82) is 0 Å². The fourth-order valence-electron chi connectivity index (χ4n) is 1.62. The van der Waals surface area contributed by atoms with E-state index in [4.69, 9.17) is 27.6 Å². The highest BCUT2D eigenvalue weighted by molar-refractivity contribution is 6.33. The van der Waals surface area contributed by atoms with E-state index >= 15 is 0 Å². The van der Waals surface area contributed by atoms with Gasteiger partial charge in [-0.3, -0.25) is 0 Å². The molecule has 2 rings (SSSR count). The van der Waals surface area contributed by atoms with E-state index in [1.807, 2.05) is 31.2 Å². The first-order chi connectivity index (χ1) is 8.16. The van der Waals surface area contributed by atoms with Gasteiger partial charge in [0.1, 0.15) is 5.76 Å². The molecule has 17 heavy (non-hydrogen) atoms. The largest absolute Gasteiger partial charge is 0.468 e. The Hall–Kier alpha value is -0.960. The predicted molar refractivity (Wildman–Crippen MR) is 70.4 cm³/mol. The maximum Gasteiger partial charge on any atom is 0.117 e. The smallest absolute Gasteiger partial charge is 0.117 e. The number of furan rings is 1. The molecule has 0 spiro atoms. The Morgan fingerprint density at radius 3 is 2.82 bits per heavy atom. The van der Waals surface area contributed by atoms with Crippen LogP contribution in [0.25, 0.3) is 0 Å². The number of hydrogen-bond donors (Lipinski definition) is 1. The molecule has 2 aromatic rings. The Morgan fingerprint density at radius 1 is 1.29 bits per heavy atom. The highest BCUT2D eigenvalue weighted by Crippen LogP contribution is 2.26. The first-order valence-electron chi connectivity index (χ1n) is 5.37. The van der Waals surface area contributed by atoms with Gasteiger partial charge in [-0.15, -0.1) is 0 Å². The van der Waals surface area contributed by atoms with Crippen LogP contribution in [0.4, 0.5) is 0 Å². The van der Waals surface area contributed by atoms with Gasteiger partial charge in [0, 0.05) is 16.1 Å². The summed E-state index contributed by atoms with van der Waals surface area (Å²) >= 11 is 12.1. The molecule has 0 saturated heterocycles. The number of hydrogen-bond acceptors (Lipinski definition) is 2. The summed E-state index contributed by atoms with van der Waals surface area (Å²) in [5.41, 5.74) is 0.991. The van der Waals surface area contributed by atoms with E-state index in [0.717, 1.165) is 11.3 Å². The molecule has 1 atom stereocenters. The van der Waals surface area contributed by atoms with Crippen molar-refractivity contribution in [2.24, 2.45) is 0 Å². The summed E-state index contributed by atoms with van der Waals surface area (Å²) in [7, 11) is 0. The second-order valence-corrected chi connectivity index (χ2v) is 4.69. The van der Waals surface area contributed by atoms with Crippen LogP contribution >= 0.6 is 23.2 Å². The Labute approximate surface area is 111 Å². The lowest BCUT2D eigenvalue weighted by Crippen LogP contribution is -2.18. The van der Waals surface area contributed by atoms with Crippen LogP contribution in [0.15, 0.2) is 41.0 Å². The fourth-order valence-corrected chi connectivity index (χ4v) is 2.09. The Morgan fingerprint density at radius 2 is 2.12 bits per heavy atom. The molecule has 4 heteroatoms. The average molecular weight is 270 g/mol. The molecule has 1 N–H and O–H groups in total. The lowest BCUT2D eigenvalue weighted by atomic mass is 10.1. The summed E-state index contributed by atoms with van der Waals surface area (Å²) in [6.07, 6.45) is 1.66. The van der Waals surface area contributed by atoms with Gasteiger partial charge in [-0.2, -0.15) is 0 Å². The van der Waals surface area contributed by atoms with Crippen LogP contribution in [0, 0.1) is 0 Å². The molecule has 90 valence electrons. The molecule has 1 aromatic heterocycles. The van der Waals surface area contributed by atoms with Crippen LogP contribution in [0.5, 0.6) is 0 Å². The molecule has 0 saturated carbocycles. The van der Waals surface area contributed by atoms with Crippen molar-refractivity contribution in [2.75, 3.05) is 0 Å². The van der Waals surface area contributed by atoms with E-state index < -0.39 is 0 Å². The van der Waals surface area contributed by atoms with Crippen LogP contribution < -0.4 is 5.32 Å². The summed E-state index contributed by atoms with van der Waals surface area (Å²) in [4.78, 5) is 0. The molecular formula is C13H13Cl2NO. The second-order valence-electron chi connectivity index (χ2n) is 3.85. The van der Waals surface area contributed by atoms with Gasteiger partial charge >= 0.3 is 0 Å².